The standard InChI is InChI=1S/C16H15ClN2S/c1-2-18-16(14-7-8-15(17)20-14)12-9-11-5-3-4-6-13(11)19-10-12/h3-10,16,18H,2H2,1H3. The highest BCUT2D eigenvalue weighted by atomic mass is 35.5. The van der Waals surface area contributed by atoms with Crippen molar-refractivity contribution in [2.45, 2.75) is 13.0 Å². The summed E-state index contributed by atoms with van der Waals surface area (Å²) in [6.45, 7) is 3.00. The lowest BCUT2D eigenvalue weighted by molar-refractivity contribution is 0.638. The van der Waals surface area contributed by atoms with Crippen LogP contribution in [0, 0.1) is 0 Å². The molecule has 0 fully saturated rings. The van der Waals surface area contributed by atoms with E-state index < -0.39 is 0 Å². The zero-order chi connectivity index (χ0) is 13.9. The average Bonchev–Trinajstić information content (AvgIpc) is 2.90. The van der Waals surface area contributed by atoms with Gasteiger partial charge in [-0.3, -0.25) is 4.98 Å². The van der Waals surface area contributed by atoms with Crippen molar-refractivity contribution in [3.8, 4) is 0 Å². The van der Waals surface area contributed by atoms with E-state index in [1.165, 1.54) is 10.4 Å². The van der Waals surface area contributed by atoms with E-state index in [-0.39, 0.29) is 6.04 Å². The van der Waals surface area contributed by atoms with E-state index in [4.69, 9.17) is 11.6 Å². The molecule has 1 aromatic carbocycles. The summed E-state index contributed by atoms with van der Waals surface area (Å²) in [7, 11) is 0. The van der Waals surface area contributed by atoms with E-state index in [1.807, 2.05) is 30.5 Å². The van der Waals surface area contributed by atoms with Gasteiger partial charge in [0.25, 0.3) is 0 Å². The first kappa shape index (κ1) is 13.6. The van der Waals surface area contributed by atoms with Crippen molar-refractivity contribution in [1.82, 2.24) is 10.3 Å². The second-order valence-electron chi connectivity index (χ2n) is 4.59. The van der Waals surface area contributed by atoms with Crippen LogP contribution >= 0.6 is 22.9 Å². The summed E-state index contributed by atoms with van der Waals surface area (Å²) < 4.78 is 0.816. The number of nitrogens with zero attached hydrogens (tertiary/aromatic N) is 1. The Morgan fingerprint density at radius 1 is 1.25 bits per heavy atom. The molecular weight excluding hydrogens is 288 g/mol. The van der Waals surface area contributed by atoms with E-state index in [0.29, 0.717) is 0 Å². The molecule has 0 aliphatic carbocycles. The molecule has 4 heteroatoms. The van der Waals surface area contributed by atoms with Crippen molar-refractivity contribution in [2.24, 2.45) is 0 Å². The molecule has 0 radical (unpaired) electrons. The number of rotatable bonds is 4. The van der Waals surface area contributed by atoms with Gasteiger partial charge in [0.2, 0.25) is 0 Å². The number of hydrogen-bond donors (Lipinski definition) is 1. The van der Waals surface area contributed by atoms with Gasteiger partial charge in [-0.05, 0) is 36.4 Å². The third-order valence-corrected chi connectivity index (χ3v) is 4.53. The number of benzene rings is 1. The molecule has 0 aliphatic heterocycles. The van der Waals surface area contributed by atoms with Gasteiger partial charge in [0.15, 0.2) is 0 Å². The molecule has 2 aromatic heterocycles. The van der Waals surface area contributed by atoms with Crippen LogP contribution in [-0.4, -0.2) is 11.5 Å². The molecule has 3 rings (SSSR count). The van der Waals surface area contributed by atoms with Crippen molar-refractivity contribution >= 4 is 33.8 Å². The molecule has 0 amide bonds. The molecular formula is C16H15ClN2S. The molecule has 2 nitrogen and oxygen atoms in total. The SMILES string of the molecule is CCNC(c1cnc2ccccc2c1)c1ccc(Cl)s1. The Kier molecular flexibility index (Phi) is 4.01. The minimum Gasteiger partial charge on any atom is -0.306 e. The number of nitrogens with one attached hydrogen (secondary N) is 1. The number of hydrogen-bond acceptors (Lipinski definition) is 3. The molecule has 2 heterocycles. The van der Waals surface area contributed by atoms with Gasteiger partial charge in [-0.15, -0.1) is 11.3 Å². The van der Waals surface area contributed by atoms with Gasteiger partial charge in [-0.25, -0.2) is 0 Å². The number of fused-ring (bicyclic) bond motifs is 1. The molecule has 0 saturated heterocycles. The van der Waals surface area contributed by atoms with Crippen LogP contribution in [0.1, 0.15) is 23.4 Å². The number of pyridine rings is 1. The second-order valence-corrected chi connectivity index (χ2v) is 6.34. The maximum absolute atomic E-state index is 6.06. The van der Waals surface area contributed by atoms with Crippen molar-refractivity contribution in [2.75, 3.05) is 6.54 Å². The van der Waals surface area contributed by atoms with Gasteiger partial charge in [0.1, 0.15) is 0 Å². The van der Waals surface area contributed by atoms with Crippen LogP contribution in [0.2, 0.25) is 4.34 Å². The molecule has 1 atom stereocenters. The van der Waals surface area contributed by atoms with Crippen LogP contribution in [0.15, 0.2) is 48.7 Å². The number of para-hydroxylation sites is 1. The Morgan fingerprint density at radius 3 is 2.85 bits per heavy atom. The Labute approximate surface area is 127 Å². The Bertz CT molecular complexity index is 723. The van der Waals surface area contributed by atoms with Crippen LogP contribution in [0.5, 0.6) is 0 Å². The summed E-state index contributed by atoms with van der Waals surface area (Å²) in [5.74, 6) is 0. The first-order valence-corrected chi connectivity index (χ1v) is 7.80. The summed E-state index contributed by atoms with van der Waals surface area (Å²) in [5, 5.41) is 4.67. The van der Waals surface area contributed by atoms with E-state index in [9.17, 15) is 0 Å². The lowest BCUT2D eigenvalue weighted by Gasteiger charge is -2.17. The molecule has 102 valence electrons. The number of halogens is 1. The van der Waals surface area contributed by atoms with Gasteiger partial charge >= 0.3 is 0 Å². The molecule has 1 unspecified atom stereocenters. The molecule has 3 aromatic rings. The molecule has 0 bridgehead atoms. The van der Waals surface area contributed by atoms with Crippen molar-refractivity contribution in [3.63, 3.8) is 0 Å². The van der Waals surface area contributed by atoms with E-state index in [2.05, 4.69) is 35.4 Å². The average molecular weight is 303 g/mol. The van der Waals surface area contributed by atoms with E-state index >= 15 is 0 Å². The first-order valence-electron chi connectivity index (χ1n) is 6.61. The van der Waals surface area contributed by atoms with Crippen molar-refractivity contribution in [1.29, 1.82) is 0 Å². The van der Waals surface area contributed by atoms with Gasteiger partial charge in [-0.2, -0.15) is 0 Å². The minimum absolute atomic E-state index is 0.148. The number of aromatic nitrogens is 1. The van der Waals surface area contributed by atoms with E-state index in [1.54, 1.807) is 11.3 Å². The summed E-state index contributed by atoms with van der Waals surface area (Å²) in [6, 6.07) is 14.5. The van der Waals surface area contributed by atoms with Gasteiger partial charge in [0.05, 0.1) is 15.9 Å². The third kappa shape index (κ3) is 2.70. The van der Waals surface area contributed by atoms with Gasteiger partial charge in [0, 0.05) is 16.5 Å². The van der Waals surface area contributed by atoms with E-state index in [0.717, 1.165) is 21.8 Å². The zero-order valence-corrected chi connectivity index (χ0v) is 12.7. The summed E-state index contributed by atoms with van der Waals surface area (Å²) in [6.07, 6.45) is 1.95. The van der Waals surface area contributed by atoms with Gasteiger partial charge < -0.3 is 5.32 Å². The molecule has 0 aliphatic rings. The fourth-order valence-corrected chi connectivity index (χ4v) is 3.48. The monoisotopic (exact) mass is 302 g/mol. The zero-order valence-electron chi connectivity index (χ0n) is 11.1. The van der Waals surface area contributed by atoms with Crippen molar-refractivity contribution in [3.05, 3.63) is 63.4 Å². The van der Waals surface area contributed by atoms with Crippen LogP contribution in [0.3, 0.4) is 0 Å². The maximum Gasteiger partial charge on any atom is 0.0931 e. The second kappa shape index (κ2) is 5.92. The molecule has 0 spiro atoms. The predicted octanol–water partition coefficient (Wildman–Crippen LogP) is 4.65. The lowest BCUT2D eigenvalue weighted by atomic mass is 10.0. The highest BCUT2D eigenvalue weighted by Gasteiger charge is 2.15. The topological polar surface area (TPSA) is 24.9 Å². The van der Waals surface area contributed by atoms with Crippen molar-refractivity contribution < 1.29 is 0 Å². The highest BCUT2D eigenvalue weighted by Crippen LogP contribution is 2.31. The Hall–Kier alpha value is -1.42. The fraction of sp³-hybridized carbons (Fsp3) is 0.188. The normalized spacial score (nSPS) is 12.7. The largest absolute Gasteiger partial charge is 0.306 e. The summed E-state index contributed by atoms with van der Waals surface area (Å²) in [4.78, 5) is 5.76. The summed E-state index contributed by atoms with van der Waals surface area (Å²) in [5.41, 5.74) is 2.19. The molecule has 0 saturated carbocycles. The minimum atomic E-state index is 0.148. The van der Waals surface area contributed by atoms with Crippen LogP contribution in [0.4, 0.5) is 0 Å². The Balaban J connectivity index is 2.04. The van der Waals surface area contributed by atoms with Gasteiger partial charge in [-0.1, -0.05) is 36.7 Å². The van der Waals surface area contributed by atoms with Crippen LogP contribution in [0.25, 0.3) is 10.9 Å². The summed E-state index contributed by atoms with van der Waals surface area (Å²) >= 11 is 7.67. The highest BCUT2D eigenvalue weighted by molar-refractivity contribution is 7.16. The van der Waals surface area contributed by atoms with Crippen LogP contribution in [-0.2, 0) is 0 Å². The molecule has 20 heavy (non-hydrogen) atoms. The Morgan fingerprint density at radius 2 is 2.10 bits per heavy atom. The smallest absolute Gasteiger partial charge is 0.0931 e. The maximum atomic E-state index is 6.06. The lowest BCUT2D eigenvalue weighted by Crippen LogP contribution is -2.21. The molecule has 1 N–H and O–H groups in total. The first-order chi connectivity index (χ1) is 9.78. The third-order valence-electron chi connectivity index (χ3n) is 3.23. The van der Waals surface area contributed by atoms with Crippen LogP contribution < -0.4 is 5.32 Å². The quantitative estimate of drug-likeness (QED) is 0.759. The predicted molar refractivity (Wildman–Crippen MR) is 86.6 cm³/mol. The fourth-order valence-electron chi connectivity index (χ4n) is 2.32. The number of thiophene rings is 1.